The fraction of sp³-hybridized carbons (Fsp3) is 0.370. The molecule has 1 fully saturated rings. The fourth-order valence-electron chi connectivity index (χ4n) is 5.91. The van der Waals surface area contributed by atoms with Crippen LogP contribution in [0.5, 0.6) is 0 Å². The summed E-state index contributed by atoms with van der Waals surface area (Å²) >= 11 is 0. The van der Waals surface area contributed by atoms with Gasteiger partial charge in [0.25, 0.3) is 5.91 Å². The van der Waals surface area contributed by atoms with Crippen LogP contribution in [0.15, 0.2) is 48.5 Å². The monoisotopic (exact) mass is 456 g/mol. The lowest BCUT2D eigenvalue weighted by Crippen LogP contribution is -2.56. The molecule has 1 unspecified atom stereocenters. The molecule has 3 aromatic rings. The summed E-state index contributed by atoms with van der Waals surface area (Å²) in [6, 6.07) is 14.1. The van der Waals surface area contributed by atoms with E-state index < -0.39 is 12.1 Å². The van der Waals surface area contributed by atoms with Gasteiger partial charge in [0.1, 0.15) is 12.1 Å². The first-order chi connectivity index (χ1) is 16.5. The van der Waals surface area contributed by atoms with Gasteiger partial charge in [-0.15, -0.1) is 0 Å². The third kappa shape index (κ3) is 3.22. The zero-order chi connectivity index (χ0) is 23.4. The first-order valence-corrected chi connectivity index (χ1v) is 12.1. The van der Waals surface area contributed by atoms with Crippen LogP contribution >= 0.6 is 0 Å². The van der Waals surface area contributed by atoms with Crippen molar-refractivity contribution in [2.75, 3.05) is 0 Å². The van der Waals surface area contributed by atoms with E-state index in [4.69, 9.17) is 0 Å². The predicted octanol–water partition coefficient (Wildman–Crippen LogP) is 3.20. The summed E-state index contributed by atoms with van der Waals surface area (Å²) in [5.74, 6) is -0.610. The van der Waals surface area contributed by atoms with E-state index in [9.17, 15) is 14.4 Å². The number of nitrogens with zero attached hydrogens (tertiary/aromatic N) is 1. The Bertz CT molecular complexity index is 1310. The summed E-state index contributed by atoms with van der Waals surface area (Å²) < 4.78 is 0. The van der Waals surface area contributed by atoms with Crippen molar-refractivity contribution in [2.45, 2.75) is 63.2 Å². The van der Waals surface area contributed by atoms with Crippen molar-refractivity contribution in [1.29, 1.82) is 0 Å². The van der Waals surface area contributed by atoms with Crippen molar-refractivity contribution < 1.29 is 14.4 Å². The van der Waals surface area contributed by atoms with E-state index in [2.05, 4.69) is 21.7 Å². The van der Waals surface area contributed by atoms with E-state index in [1.807, 2.05) is 42.5 Å². The Morgan fingerprint density at radius 1 is 1.06 bits per heavy atom. The van der Waals surface area contributed by atoms with Crippen LogP contribution in [0.2, 0.25) is 0 Å². The first-order valence-electron chi connectivity index (χ1n) is 12.1. The quantitative estimate of drug-likeness (QED) is 0.563. The van der Waals surface area contributed by atoms with E-state index in [0.717, 1.165) is 53.4 Å². The number of para-hydroxylation sites is 1. The van der Waals surface area contributed by atoms with Crippen LogP contribution in [0.25, 0.3) is 10.9 Å². The van der Waals surface area contributed by atoms with E-state index in [1.54, 1.807) is 11.8 Å². The number of hydrogen-bond acceptors (Lipinski definition) is 3. The number of nitrogens with one attached hydrogen (secondary N) is 3. The van der Waals surface area contributed by atoms with Gasteiger partial charge in [0.05, 0.1) is 6.04 Å². The normalized spacial score (nSPS) is 22.3. The molecule has 7 heteroatoms. The average molecular weight is 457 g/mol. The van der Waals surface area contributed by atoms with Crippen molar-refractivity contribution in [3.63, 3.8) is 0 Å². The van der Waals surface area contributed by atoms with Crippen LogP contribution < -0.4 is 10.6 Å². The number of carbonyl (C=O) groups excluding carboxylic acids is 3. The number of hydrogen-bond donors (Lipinski definition) is 3. The Hall–Kier alpha value is -3.61. The molecule has 3 amide bonds. The van der Waals surface area contributed by atoms with Crippen LogP contribution in [0, 0.1) is 0 Å². The molecule has 6 rings (SSSR count). The highest BCUT2D eigenvalue weighted by Gasteiger charge is 2.49. The lowest BCUT2D eigenvalue weighted by molar-refractivity contribution is -0.131. The van der Waals surface area contributed by atoms with Gasteiger partial charge in [-0.25, -0.2) is 0 Å². The number of aromatic nitrogens is 1. The summed E-state index contributed by atoms with van der Waals surface area (Å²) in [5, 5.41) is 7.02. The highest BCUT2D eigenvalue weighted by atomic mass is 16.2. The molecule has 2 aliphatic heterocycles. The summed E-state index contributed by atoms with van der Waals surface area (Å²) in [6.07, 6.45) is 4.62. The molecule has 3 heterocycles. The van der Waals surface area contributed by atoms with Gasteiger partial charge >= 0.3 is 0 Å². The van der Waals surface area contributed by atoms with Crippen molar-refractivity contribution in [3.05, 3.63) is 70.9 Å². The summed E-state index contributed by atoms with van der Waals surface area (Å²) in [6.45, 7) is 1.71. The molecule has 3 N–H and O–H groups in total. The molecule has 34 heavy (non-hydrogen) atoms. The molecular weight excluding hydrogens is 428 g/mol. The molecule has 3 atom stereocenters. The topological polar surface area (TPSA) is 94.3 Å². The standard InChI is InChI=1S/C27H28N4O3/c1-15(25(32)29-16-8-2-3-9-16)28-26(33)22-14-20-17-10-6-7-13-21(17)30-23(20)24-18-11-4-5-12-19(18)27(34)31(22)24/h4-7,10-13,15-16,22,24,30H,2-3,8-9,14H2,1H3,(H,28,33)(H,29,32)/t15-,22-,24?/m0/s1. The Kier molecular flexibility index (Phi) is 4.94. The summed E-state index contributed by atoms with van der Waals surface area (Å²) in [7, 11) is 0. The maximum atomic E-state index is 13.6. The number of aromatic amines is 1. The van der Waals surface area contributed by atoms with Gasteiger partial charge in [-0.05, 0) is 43.0 Å². The molecule has 7 nitrogen and oxygen atoms in total. The Balaban J connectivity index is 1.34. The van der Waals surface area contributed by atoms with Gasteiger partial charge in [-0.1, -0.05) is 49.2 Å². The second-order valence-electron chi connectivity index (χ2n) is 9.71. The number of H-pyrrole nitrogens is 1. The van der Waals surface area contributed by atoms with E-state index >= 15 is 0 Å². The van der Waals surface area contributed by atoms with Gasteiger partial charge in [0.2, 0.25) is 11.8 Å². The summed E-state index contributed by atoms with van der Waals surface area (Å²) in [5.41, 5.74) is 4.56. The summed E-state index contributed by atoms with van der Waals surface area (Å²) in [4.78, 5) is 45.0. The molecule has 0 saturated heterocycles. The Morgan fingerprint density at radius 3 is 2.62 bits per heavy atom. The molecule has 1 aromatic heterocycles. The van der Waals surface area contributed by atoms with Crippen molar-refractivity contribution >= 4 is 28.6 Å². The van der Waals surface area contributed by atoms with E-state index in [-0.39, 0.29) is 29.8 Å². The van der Waals surface area contributed by atoms with Crippen LogP contribution in [0.3, 0.4) is 0 Å². The maximum absolute atomic E-state index is 13.6. The average Bonchev–Trinajstić information content (AvgIpc) is 3.56. The van der Waals surface area contributed by atoms with Gasteiger partial charge in [0, 0.05) is 34.6 Å². The van der Waals surface area contributed by atoms with Crippen LogP contribution in [-0.2, 0) is 16.0 Å². The van der Waals surface area contributed by atoms with Crippen LogP contribution in [0.4, 0.5) is 0 Å². The molecule has 1 saturated carbocycles. The smallest absolute Gasteiger partial charge is 0.255 e. The van der Waals surface area contributed by atoms with Crippen LogP contribution in [0.1, 0.15) is 65.8 Å². The zero-order valence-corrected chi connectivity index (χ0v) is 19.1. The molecule has 0 bridgehead atoms. The van der Waals surface area contributed by atoms with Gasteiger partial charge < -0.3 is 20.5 Å². The highest BCUT2D eigenvalue weighted by molar-refractivity contribution is 6.04. The number of carbonyl (C=O) groups is 3. The minimum absolute atomic E-state index is 0.145. The minimum atomic E-state index is -0.696. The number of benzene rings is 2. The molecular formula is C27H28N4O3. The van der Waals surface area contributed by atoms with E-state index in [1.165, 1.54) is 0 Å². The molecule has 0 spiro atoms. The Labute approximate surface area is 197 Å². The van der Waals surface area contributed by atoms with Gasteiger partial charge in [-0.3, -0.25) is 14.4 Å². The fourth-order valence-corrected chi connectivity index (χ4v) is 5.91. The van der Waals surface area contributed by atoms with Crippen molar-refractivity contribution in [1.82, 2.24) is 20.5 Å². The second kappa shape index (κ2) is 8.01. The molecule has 2 aromatic carbocycles. The molecule has 0 radical (unpaired) electrons. The highest BCUT2D eigenvalue weighted by Crippen LogP contribution is 2.46. The third-order valence-corrected chi connectivity index (χ3v) is 7.61. The van der Waals surface area contributed by atoms with E-state index in [0.29, 0.717) is 12.0 Å². The molecule has 1 aliphatic carbocycles. The SMILES string of the molecule is C[C@H](NC(=O)[C@@H]1Cc2c([nH]c3ccccc23)C2c3ccccc3C(=O)N21)C(=O)NC1CCCC1. The largest absolute Gasteiger partial charge is 0.356 e. The van der Waals surface area contributed by atoms with Crippen LogP contribution in [-0.4, -0.2) is 45.7 Å². The second-order valence-corrected chi connectivity index (χ2v) is 9.71. The number of amides is 3. The van der Waals surface area contributed by atoms with Gasteiger partial charge in [0.15, 0.2) is 0 Å². The maximum Gasteiger partial charge on any atom is 0.255 e. The third-order valence-electron chi connectivity index (χ3n) is 7.61. The van der Waals surface area contributed by atoms with Crippen molar-refractivity contribution in [2.24, 2.45) is 0 Å². The lowest BCUT2D eigenvalue weighted by atomic mass is 9.90. The first kappa shape index (κ1) is 21.0. The van der Waals surface area contributed by atoms with Gasteiger partial charge in [-0.2, -0.15) is 0 Å². The van der Waals surface area contributed by atoms with Crippen molar-refractivity contribution in [3.8, 4) is 0 Å². The zero-order valence-electron chi connectivity index (χ0n) is 19.1. The predicted molar refractivity (Wildman–Crippen MR) is 128 cm³/mol. The molecule has 174 valence electrons. The Morgan fingerprint density at radius 2 is 1.79 bits per heavy atom. The lowest BCUT2D eigenvalue weighted by Gasteiger charge is -2.37. The number of fused-ring (bicyclic) bond motifs is 7. The number of rotatable bonds is 4. The molecule has 3 aliphatic rings. The minimum Gasteiger partial charge on any atom is -0.356 e.